The number of hydrogen-bond acceptors (Lipinski definition) is 3. The molecule has 70 valence electrons. The molecule has 0 aromatic carbocycles. The maximum absolute atomic E-state index is 11.1. The zero-order valence-corrected chi connectivity index (χ0v) is 7.68. The molecule has 0 aliphatic rings. The van der Waals surface area contributed by atoms with Gasteiger partial charge in [-0.15, -0.1) is 0 Å². The molecule has 0 atom stereocenters. The molecule has 1 aromatic rings. The number of carbonyl (C=O) groups excluding carboxylic acids is 1. The third-order valence-electron chi connectivity index (χ3n) is 1.68. The van der Waals surface area contributed by atoms with Crippen molar-refractivity contribution in [3.63, 3.8) is 0 Å². The molecular formula is C9H12N2O2. The molecule has 1 heterocycles. The number of rotatable bonds is 3. The first kappa shape index (κ1) is 9.51. The van der Waals surface area contributed by atoms with E-state index in [9.17, 15) is 4.79 Å². The number of carbonyl (C=O) groups is 1. The van der Waals surface area contributed by atoms with E-state index >= 15 is 0 Å². The average molecular weight is 180 g/mol. The van der Waals surface area contributed by atoms with Crippen molar-refractivity contribution in [2.45, 2.75) is 13.8 Å². The van der Waals surface area contributed by atoms with Gasteiger partial charge in [0.05, 0.1) is 12.3 Å². The summed E-state index contributed by atoms with van der Waals surface area (Å²) in [5.41, 5.74) is 1.28. The van der Waals surface area contributed by atoms with Crippen LogP contribution in [0.25, 0.3) is 0 Å². The monoisotopic (exact) mass is 180 g/mol. The van der Waals surface area contributed by atoms with E-state index in [1.165, 1.54) is 0 Å². The van der Waals surface area contributed by atoms with Crippen LogP contribution in [0.3, 0.4) is 0 Å². The van der Waals surface area contributed by atoms with Gasteiger partial charge in [0.2, 0.25) is 0 Å². The van der Waals surface area contributed by atoms with Gasteiger partial charge in [-0.1, -0.05) is 0 Å². The van der Waals surface area contributed by atoms with Crippen molar-refractivity contribution in [1.82, 2.24) is 4.98 Å². The van der Waals surface area contributed by atoms with Gasteiger partial charge in [0.1, 0.15) is 0 Å². The summed E-state index contributed by atoms with van der Waals surface area (Å²) in [4.78, 5) is 13.9. The fraction of sp³-hybridized carbons (Fsp3) is 0.333. The van der Waals surface area contributed by atoms with E-state index < -0.39 is 5.97 Å². The van der Waals surface area contributed by atoms with Crippen LogP contribution in [0, 0.1) is 12.3 Å². The molecule has 0 aliphatic heterocycles. The van der Waals surface area contributed by atoms with Gasteiger partial charge in [-0.05, 0) is 25.5 Å². The zero-order valence-electron chi connectivity index (χ0n) is 7.68. The molecule has 1 rings (SSSR count). The molecule has 4 nitrogen and oxygen atoms in total. The second-order valence-corrected chi connectivity index (χ2v) is 2.63. The molecule has 0 radical (unpaired) electrons. The molecule has 0 saturated heterocycles. The minimum Gasteiger partial charge on any atom is -0.461 e. The largest absolute Gasteiger partial charge is 0.461 e. The lowest BCUT2D eigenvalue weighted by Crippen LogP contribution is -2.18. The van der Waals surface area contributed by atoms with Crippen molar-refractivity contribution < 1.29 is 9.53 Å². The predicted octanol–water partition coefficient (Wildman–Crippen LogP) is 1.25. The number of ether oxygens (including phenoxy) is 1. The average Bonchev–Trinajstić information content (AvgIpc) is 2.50. The summed E-state index contributed by atoms with van der Waals surface area (Å²) in [5.74, 6) is -0.590. The Morgan fingerprint density at radius 2 is 2.38 bits per heavy atom. The smallest absolute Gasteiger partial charge is 0.358 e. The highest BCUT2D eigenvalue weighted by molar-refractivity contribution is 6.41. The second kappa shape index (κ2) is 3.89. The van der Waals surface area contributed by atoms with Gasteiger partial charge in [0.25, 0.3) is 0 Å². The summed E-state index contributed by atoms with van der Waals surface area (Å²) in [6.07, 6.45) is 1.69. The number of aryl methyl sites for hydroxylation is 1. The van der Waals surface area contributed by atoms with E-state index in [4.69, 9.17) is 10.1 Å². The number of nitrogens with one attached hydrogen (secondary N) is 2. The summed E-state index contributed by atoms with van der Waals surface area (Å²) in [7, 11) is 0. The maximum atomic E-state index is 11.1. The fourth-order valence-corrected chi connectivity index (χ4v) is 1.02. The van der Waals surface area contributed by atoms with Gasteiger partial charge >= 0.3 is 5.97 Å². The van der Waals surface area contributed by atoms with Crippen LogP contribution < -0.4 is 0 Å². The Morgan fingerprint density at radius 1 is 1.69 bits per heavy atom. The van der Waals surface area contributed by atoms with E-state index in [1.807, 2.05) is 13.0 Å². The minimum absolute atomic E-state index is 0.121. The van der Waals surface area contributed by atoms with Gasteiger partial charge < -0.3 is 9.72 Å². The SMILES string of the molecule is CCOC(=O)C(=N)c1[nH]ccc1C. The number of H-pyrrole nitrogens is 1. The summed E-state index contributed by atoms with van der Waals surface area (Å²) in [5, 5.41) is 7.49. The molecule has 0 spiro atoms. The van der Waals surface area contributed by atoms with Crippen molar-refractivity contribution in [2.24, 2.45) is 0 Å². The Hall–Kier alpha value is -1.58. The number of esters is 1. The van der Waals surface area contributed by atoms with Gasteiger partial charge in [0, 0.05) is 6.20 Å². The highest BCUT2D eigenvalue weighted by Gasteiger charge is 2.15. The van der Waals surface area contributed by atoms with Crippen LogP contribution in [0.5, 0.6) is 0 Å². The summed E-state index contributed by atoms with van der Waals surface area (Å²) >= 11 is 0. The van der Waals surface area contributed by atoms with E-state index in [2.05, 4.69) is 4.98 Å². The van der Waals surface area contributed by atoms with Crippen molar-refractivity contribution in [1.29, 1.82) is 5.41 Å². The molecule has 4 heteroatoms. The predicted molar refractivity (Wildman–Crippen MR) is 49.0 cm³/mol. The first-order valence-corrected chi connectivity index (χ1v) is 4.06. The van der Waals surface area contributed by atoms with Crippen LogP contribution in [0.1, 0.15) is 18.2 Å². The molecule has 0 fully saturated rings. The fourth-order valence-electron chi connectivity index (χ4n) is 1.02. The van der Waals surface area contributed by atoms with E-state index in [-0.39, 0.29) is 5.71 Å². The van der Waals surface area contributed by atoms with Gasteiger partial charge in [-0.25, -0.2) is 4.79 Å². The quantitative estimate of drug-likeness (QED) is 0.543. The van der Waals surface area contributed by atoms with Crippen molar-refractivity contribution in [3.05, 3.63) is 23.5 Å². The molecule has 0 unspecified atom stereocenters. The van der Waals surface area contributed by atoms with E-state index in [1.54, 1.807) is 13.1 Å². The van der Waals surface area contributed by atoms with Gasteiger partial charge in [-0.2, -0.15) is 0 Å². The normalized spacial score (nSPS) is 9.69. The first-order chi connectivity index (χ1) is 6.16. The molecule has 1 aromatic heterocycles. The molecule has 13 heavy (non-hydrogen) atoms. The third kappa shape index (κ3) is 1.96. The molecule has 0 bridgehead atoms. The van der Waals surface area contributed by atoms with Crippen LogP contribution in [0.15, 0.2) is 12.3 Å². The third-order valence-corrected chi connectivity index (χ3v) is 1.68. The van der Waals surface area contributed by atoms with Crippen LogP contribution in [-0.4, -0.2) is 23.3 Å². The Morgan fingerprint density at radius 3 is 2.85 bits per heavy atom. The second-order valence-electron chi connectivity index (χ2n) is 2.63. The van der Waals surface area contributed by atoms with Crippen LogP contribution in [-0.2, 0) is 9.53 Å². The molecule has 0 amide bonds. The van der Waals surface area contributed by atoms with Crippen molar-refractivity contribution >= 4 is 11.7 Å². The Balaban J connectivity index is 2.80. The molecule has 0 aliphatic carbocycles. The van der Waals surface area contributed by atoms with E-state index in [0.717, 1.165) is 5.56 Å². The minimum atomic E-state index is -0.590. The van der Waals surface area contributed by atoms with Crippen molar-refractivity contribution in [2.75, 3.05) is 6.61 Å². The van der Waals surface area contributed by atoms with E-state index in [0.29, 0.717) is 12.3 Å². The first-order valence-electron chi connectivity index (χ1n) is 4.06. The van der Waals surface area contributed by atoms with Crippen molar-refractivity contribution in [3.8, 4) is 0 Å². The zero-order chi connectivity index (χ0) is 9.84. The Kier molecular flexibility index (Phi) is 2.84. The van der Waals surface area contributed by atoms with Gasteiger partial charge in [-0.3, -0.25) is 5.41 Å². The Labute approximate surface area is 76.4 Å². The molecule has 2 N–H and O–H groups in total. The number of aromatic nitrogens is 1. The lowest BCUT2D eigenvalue weighted by Gasteiger charge is -2.02. The van der Waals surface area contributed by atoms with Crippen LogP contribution >= 0.6 is 0 Å². The molecule has 0 saturated carbocycles. The highest BCUT2D eigenvalue weighted by atomic mass is 16.5. The van der Waals surface area contributed by atoms with Crippen LogP contribution in [0.2, 0.25) is 0 Å². The summed E-state index contributed by atoms with van der Waals surface area (Å²) in [6, 6.07) is 1.81. The Bertz CT molecular complexity index is 328. The lowest BCUT2D eigenvalue weighted by atomic mass is 10.2. The topological polar surface area (TPSA) is 65.9 Å². The lowest BCUT2D eigenvalue weighted by molar-refractivity contribution is -0.135. The van der Waals surface area contributed by atoms with Crippen LogP contribution in [0.4, 0.5) is 0 Å². The summed E-state index contributed by atoms with van der Waals surface area (Å²) < 4.78 is 4.70. The van der Waals surface area contributed by atoms with Gasteiger partial charge in [0.15, 0.2) is 5.71 Å². The summed E-state index contributed by atoms with van der Waals surface area (Å²) in [6.45, 7) is 3.84. The number of aromatic amines is 1. The molecular weight excluding hydrogens is 168 g/mol. The maximum Gasteiger partial charge on any atom is 0.358 e. The number of hydrogen-bond donors (Lipinski definition) is 2. The standard InChI is InChI=1S/C9H12N2O2/c1-3-13-9(12)7(10)8-6(2)4-5-11-8/h4-5,10-11H,3H2,1-2H3. The highest BCUT2D eigenvalue weighted by Crippen LogP contribution is 2.05.